The van der Waals surface area contributed by atoms with Gasteiger partial charge in [0.2, 0.25) is 0 Å². The molecule has 0 radical (unpaired) electrons. The number of nitrogens with one attached hydrogen (secondary N) is 1. The van der Waals surface area contributed by atoms with E-state index in [1.807, 2.05) is 26.4 Å². The van der Waals surface area contributed by atoms with Crippen molar-refractivity contribution in [3.63, 3.8) is 0 Å². The molecular weight excluding hydrogens is 294 g/mol. The van der Waals surface area contributed by atoms with E-state index < -0.39 is 5.60 Å². The Morgan fingerprint density at radius 1 is 1.48 bits per heavy atom. The van der Waals surface area contributed by atoms with Crippen molar-refractivity contribution in [2.24, 2.45) is 7.05 Å². The number of nitrogens with zero attached hydrogens (tertiary/aromatic N) is 4. The van der Waals surface area contributed by atoms with E-state index in [0.29, 0.717) is 31.1 Å². The number of aromatic nitrogens is 3. The first-order valence-corrected chi connectivity index (χ1v) is 7.58. The Morgan fingerprint density at radius 2 is 2.30 bits per heavy atom. The van der Waals surface area contributed by atoms with Gasteiger partial charge in [0.1, 0.15) is 11.4 Å². The van der Waals surface area contributed by atoms with Crippen LogP contribution in [0.5, 0.6) is 0 Å². The average molecular weight is 315 g/mol. The lowest BCUT2D eigenvalue weighted by Gasteiger charge is -2.41. The van der Waals surface area contributed by atoms with Gasteiger partial charge in [0, 0.05) is 38.6 Å². The normalized spacial score (nSPS) is 21.3. The molecule has 0 bridgehead atoms. The Hall–Kier alpha value is -2.41. The Labute approximate surface area is 135 Å². The zero-order chi connectivity index (χ0) is 16.4. The van der Waals surface area contributed by atoms with Crippen LogP contribution in [-0.2, 0) is 17.4 Å². The number of hydrogen-bond acceptors (Lipinski definition) is 5. The molecule has 1 unspecified atom stereocenters. The molecule has 1 atom stereocenters. The maximum absolute atomic E-state index is 12.1. The summed E-state index contributed by atoms with van der Waals surface area (Å²) in [5.74, 6) is 0.549. The van der Waals surface area contributed by atoms with Gasteiger partial charge in [-0.05, 0) is 19.1 Å². The molecular formula is C16H21N5O2. The number of rotatable bonds is 3. The third kappa shape index (κ3) is 2.92. The van der Waals surface area contributed by atoms with Crippen LogP contribution in [0.2, 0.25) is 0 Å². The Kier molecular flexibility index (Phi) is 4.04. The van der Waals surface area contributed by atoms with Gasteiger partial charge < -0.3 is 15.0 Å². The molecule has 3 rings (SSSR count). The summed E-state index contributed by atoms with van der Waals surface area (Å²) in [5, 5.41) is 6.90. The van der Waals surface area contributed by atoms with Crippen LogP contribution >= 0.6 is 0 Å². The second-order valence-electron chi connectivity index (χ2n) is 5.86. The molecule has 1 saturated heterocycles. The van der Waals surface area contributed by atoms with Gasteiger partial charge in [0.15, 0.2) is 0 Å². The van der Waals surface area contributed by atoms with Crippen molar-refractivity contribution in [1.29, 1.82) is 0 Å². The number of pyridine rings is 1. The summed E-state index contributed by atoms with van der Waals surface area (Å²) >= 11 is 0. The van der Waals surface area contributed by atoms with Crippen LogP contribution in [0.25, 0.3) is 0 Å². The number of amides is 1. The van der Waals surface area contributed by atoms with Crippen LogP contribution in [-0.4, -0.2) is 47.4 Å². The van der Waals surface area contributed by atoms with Crippen LogP contribution in [0, 0.1) is 0 Å². The molecule has 1 amide bonds. The van der Waals surface area contributed by atoms with Crippen molar-refractivity contribution in [2.45, 2.75) is 12.5 Å². The van der Waals surface area contributed by atoms with Crippen molar-refractivity contribution in [3.05, 3.63) is 41.9 Å². The SMILES string of the molecule is CNC(=O)c1cccnc1N1CCOC(C)(c2cnn(C)c2)C1. The lowest BCUT2D eigenvalue weighted by Crippen LogP contribution is -2.49. The fourth-order valence-electron chi connectivity index (χ4n) is 2.88. The van der Waals surface area contributed by atoms with Gasteiger partial charge >= 0.3 is 0 Å². The maximum Gasteiger partial charge on any atom is 0.254 e. The molecule has 1 N–H and O–H groups in total. The summed E-state index contributed by atoms with van der Waals surface area (Å²) < 4.78 is 7.78. The largest absolute Gasteiger partial charge is 0.367 e. The van der Waals surface area contributed by atoms with Crippen molar-refractivity contribution < 1.29 is 9.53 Å². The minimum atomic E-state index is -0.482. The van der Waals surface area contributed by atoms with Crippen molar-refractivity contribution in [2.75, 3.05) is 31.6 Å². The molecule has 1 aliphatic heterocycles. The van der Waals surface area contributed by atoms with E-state index >= 15 is 0 Å². The highest BCUT2D eigenvalue weighted by Gasteiger charge is 2.36. The second kappa shape index (κ2) is 6.00. The first kappa shape index (κ1) is 15.5. The topological polar surface area (TPSA) is 72.3 Å². The summed E-state index contributed by atoms with van der Waals surface area (Å²) in [6.45, 7) is 3.91. The molecule has 0 aliphatic carbocycles. The molecule has 7 heteroatoms. The van der Waals surface area contributed by atoms with Gasteiger partial charge in [0.05, 0.1) is 24.9 Å². The van der Waals surface area contributed by atoms with Crippen LogP contribution in [0.1, 0.15) is 22.8 Å². The highest BCUT2D eigenvalue weighted by Crippen LogP contribution is 2.31. The van der Waals surface area contributed by atoms with E-state index in [1.165, 1.54) is 0 Å². The molecule has 0 saturated carbocycles. The molecule has 2 aromatic rings. The number of hydrogen-bond donors (Lipinski definition) is 1. The average Bonchev–Trinajstić information content (AvgIpc) is 3.01. The van der Waals surface area contributed by atoms with Gasteiger partial charge in [-0.1, -0.05) is 0 Å². The molecule has 7 nitrogen and oxygen atoms in total. The summed E-state index contributed by atoms with van der Waals surface area (Å²) in [5.41, 5.74) is 1.11. The Morgan fingerprint density at radius 3 is 3.00 bits per heavy atom. The number of anilines is 1. The fraction of sp³-hybridized carbons (Fsp3) is 0.438. The standard InChI is InChI=1S/C16H21N5O2/c1-16(12-9-19-20(3)10-12)11-21(7-8-23-16)14-13(15(22)17-2)5-4-6-18-14/h4-6,9-10H,7-8,11H2,1-3H3,(H,17,22). The quantitative estimate of drug-likeness (QED) is 0.912. The predicted octanol–water partition coefficient (Wildman–Crippen LogP) is 0.927. The second-order valence-corrected chi connectivity index (χ2v) is 5.86. The van der Waals surface area contributed by atoms with Crippen molar-refractivity contribution in [3.8, 4) is 0 Å². The predicted molar refractivity (Wildman–Crippen MR) is 86.4 cm³/mol. The molecule has 2 aromatic heterocycles. The molecule has 1 aliphatic rings. The number of morpholine rings is 1. The molecule has 3 heterocycles. The summed E-state index contributed by atoms with van der Waals surface area (Å²) in [6.07, 6.45) is 5.49. The van der Waals surface area contributed by atoms with Gasteiger partial charge in [-0.25, -0.2) is 4.98 Å². The van der Waals surface area contributed by atoms with Crippen LogP contribution < -0.4 is 10.2 Å². The van der Waals surface area contributed by atoms with Crippen LogP contribution in [0.15, 0.2) is 30.7 Å². The Bertz CT molecular complexity index is 714. The zero-order valence-electron chi connectivity index (χ0n) is 13.6. The van der Waals surface area contributed by atoms with Crippen molar-refractivity contribution >= 4 is 11.7 Å². The fourth-order valence-corrected chi connectivity index (χ4v) is 2.88. The van der Waals surface area contributed by atoms with Gasteiger partial charge in [-0.2, -0.15) is 5.10 Å². The minimum Gasteiger partial charge on any atom is -0.367 e. The van der Waals surface area contributed by atoms with E-state index in [0.717, 1.165) is 5.56 Å². The molecule has 23 heavy (non-hydrogen) atoms. The minimum absolute atomic E-state index is 0.136. The van der Waals surface area contributed by atoms with E-state index in [4.69, 9.17) is 4.74 Å². The zero-order valence-corrected chi connectivity index (χ0v) is 13.6. The van der Waals surface area contributed by atoms with E-state index in [-0.39, 0.29) is 5.91 Å². The summed E-state index contributed by atoms with van der Waals surface area (Å²) in [7, 11) is 3.51. The lowest BCUT2D eigenvalue weighted by atomic mass is 9.96. The number of carbonyl (C=O) groups is 1. The van der Waals surface area contributed by atoms with Gasteiger partial charge in [0.25, 0.3) is 5.91 Å². The van der Waals surface area contributed by atoms with E-state index in [2.05, 4.69) is 20.3 Å². The highest BCUT2D eigenvalue weighted by molar-refractivity contribution is 5.98. The maximum atomic E-state index is 12.1. The monoisotopic (exact) mass is 315 g/mol. The summed E-state index contributed by atoms with van der Waals surface area (Å²) in [6, 6.07) is 3.56. The van der Waals surface area contributed by atoms with Gasteiger partial charge in [-0.3, -0.25) is 9.48 Å². The number of aryl methyl sites for hydroxylation is 1. The highest BCUT2D eigenvalue weighted by atomic mass is 16.5. The first-order chi connectivity index (χ1) is 11.0. The van der Waals surface area contributed by atoms with E-state index in [1.54, 1.807) is 30.1 Å². The number of ether oxygens (including phenoxy) is 1. The smallest absolute Gasteiger partial charge is 0.254 e. The molecule has 0 aromatic carbocycles. The number of carbonyl (C=O) groups excluding carboxylic acids is 1. The third-order valence-electron chi connectivity index (χ3n) is 4.15. The summed E-state index contributed by atoms with van der Waals surface area (Å²) in [4.78, 5) is 18.6. The lowest BCUT2D eigenvalue weighted by molar-refractivity contribution is -0.0468. The molecule has 1 fully saturated rings. The first-order valence-electron chi connectivity index (χ1n) is 7.58. The Balaban J connectivity index is 1.91. The van der Waals surface area contributed by atoms with Gasteiger partial charge in [-0.15, -0.1) is 0 Å². The molecule has 122 valence electrons. The van der Waals surface area contributed by atoms with Crippen LogP contribution in [0.4, 0.5) is 5.82 Å². The third-order valence-corrected chi connectivity index (χ3v) is 4.15. The van der Waals surface area contributed by atoms with Crippen molar-refractivity contribution in [1.82, 2.24) is 20.1 Å². The molecule has 0 spiro atoms. The van der Waals surface area contributed by atoms with Crippen LogP contribution in [0.3, 0.4) is 0 Å². The van der Waals surface area contributed by atoms with E-state index in [9.17, 15) is 4.79 Å².